The molecule has 0 amide bonds. The fraction of sp³-hybridized carbons (Fsp3) is 0.500. The molecule has 0 spiro atoms. The van der Waals surface area contributed by atoms with Crippen LogP contribution in [0.5, 0.6) is 0 Å². The normalized spacial score (nSPS) is 11.5. The zero-order chi connectivity index (χ0) is 12.1. The summed E-state index contributed by atoms with van der Waals surface area (Å²) >= 11 is 0. The molecule has 5 N–H and O–H groups in total. The van der Waals surface area contributed by atoms with Crippen molar-refractivity contribution < 1.29 is 5.21 Å². The van der Waals surface area contributed by atoms with Crippen molar-refractivity contribution in [1.82, 2.24) is 15.0 Å². The molecule has 1 rings (SSSR count). The second-order valence-electron chi connectivity index (χ2n) is 2.97. The molecule has 0 saturated carbocycles. The standard InChI is InChI=1S/C8H15N7O/c1-3-15(4-2)8-12-6(5(9)14-16)11-7(10)13-8/h16H,3-4H2,1-2H3,(H2,9,14)(H2,10,11,12,13). The van der Waals surface area contributed by atoms with Gasteiger partial charge in [0.25, 0.3) is 0 Å². The first kappa shape index (κ1) is 12.0. The summed E-state index contributed by atoms with van der Waals surface area (Å²) in [6.07, 6.45) is 0. The van der Waals surface area contributed by atoms with Crippen LogP contribution < -0.4 is 16.4 Å². The van der Waals surface area contributed by atoms with Crippen LogP contribution in [0.1, 0.15) is 19.7 Å². The Bertz CT molecular complexity index is 388. The summed E-state index contributed by atoms with van der Waals surface area (Å²) in [6, 6.07) is 0. The highest BCUT2D eigenvalue weighted by atomic mass is 16.4. The first-order valence-electron chi connectivity index (χ1n) is 4.86. The van der Waals surface area contributed by atoms with Crippen molar-refractivity contribution in [3.05, 3.63) is 5.82 Å². The Morgan fingerprint density at radius 1 is 1.31 bits per heavy atom. The molecule has 0 atom stereocenters. The maximum atomic E-state index is 8.53. The van der Waals surface area contributed by atoms with E-state index in [1.165, 1.54) is 0 Å². The van der Waals surface area contributed by atoms with Crippen molar-refractivity contribution in [3.8, 4) is 0 Å². The Labute approximate surface area is 93.0 Å². The topological polar surface area (TPSA) is 127 Å². The van der Waals surface area contributed by atoms with Crippen LogP contribution in [0.25, 0.3) is 0 Å². The molecular formula is C8H15N7O. The van der Waals surface area contributed by atoms with Gasteiger partial charge in [-0.1, -0.05) is 5.16 Å². The Morgan fingerprint density at radius 2 is 1.94 bits per heavy atom. The van der Waals surface area contributed by atoms with Crippen LogP contribution in [0.4, 0.5) is 11.9 Å². The number of hydrogen-bond acceptors (Lipinski definition) is 7. The number of amidine groups is 1. The molecule has 0 aliphatic rings. The molecule has 1 heterocycles. The van der Waals surface area contributed by atoms with Crippen molar-refractivity contribution in [2.24, 2.45) is 10.9 Å². The Hall–Kier alpha value is -2.12. The fourth-order valence-corrected chi connectivity index (χ4v) is 1.19. The monoisotopic (exact) mass is 225 g/mol. The molecule has 1 aromatic rings. The van der Waals surface area contributed by atoms with E-state index >= 15 is 0 Å². The number of rotatable bonds is 4. The molecule has 8 heteroatoms. The largest absolute Gasteiger partial charge is 0.409 e. The highest BCUT2D eigenvalue weighted by Crippen LogP contribution is 2.08. The summed E-state index contributed by atoms with van der Waals surface area (Å²) in [5, 5.41) is 11.4. The lowest BCUT2D eigenvalue weighted by Gasteiger charge is -2.18. The molecule has 0 fully saturated rings. The quantitative estimate of drug-likeness (QED) is 0.270. The third-order valence-electron chi connectivity index (χ3n) is 2.02. The van der Waals surface area contributed by atoms with Crippen molar-refractivity contribution in [2.75, 3.05) is 23.7 Å². The lowest BCUT2D eigenvalue weighted by Crippen LogP contribution is -2.27. The minimum Gasteiger partial charge on any atom is -0.409 e. The van der Waals surface area contributed by atoms with Crippen molar-refractivity contribution >= 4 is 17.7 Å². The summed E-state index contributed by atoms with van der Waals surface area (Å²) in [6.45, 7) is 5.39. The van der Waals surface area contributed by atoms with E-state index in [2.05, 4.69) is 20.1 Å². The third-order valence-corrected chi connectivity index (χ3v) is 2.02. The van der Waals surface area contributed by atoms with Gasteiger partial charge in [0.05, 0.1) is 0 Å². The second kappa shape index (κ2) is 5.10. The summed E-state index contributed by atoms with van der Waals surface area (Å²) < 4.78 is 0. The molecule has 0 radical (unpaired) electrons. The van der Waals surface area contributed by atoms with E-state index in [-0.39, 0.29) is 17.6 Å². The molecular weight excluding hydrogens is 210 g/mol. The van der Waals surface area contributed by atoms with Crippen molar-refractivity contribution in [2.45, 2.75) is 13.8 Å². The van der Waals surface area contributed by atoms with E-state index in [4.69, 9.17) is 16.7 Å². The molecule has 0 aromatic carbocycles. The molecule has 16 heavy (non-hydrogen) atoms. The first-order chi connectivity index (χ1) is 7.62. The van der Waals surface area contributed by atoms with E-state index in [0.717, 1.165) is 13.1 Å². The van der Waals surface area contributed by atoms with Crippen LogP contribution in [0.2, 0.25) is 0 Å². The van der Waals surface area contributed by atoms with Gasteiger partial charge >= 0.3 is 0 Å². The van der Waals surface area contributed by atoms with E-state index in [0.29, 0.717) is 5.95 Å². The summed E-state index contributed by atoms with van der Waals surface area (Å²) in [5.41, 5.74) is 10.9. The summed E-state index contributed by atoms with van der Waals surface area (Å²) in [7, 11) is 0. The minimum absolute atomic E-state index is 0.0403. The van der Waals surface area contributed by atoms with Crippen LogP contribution in [0.3, 0.4) is 0 Å². The van der Waals surface area contributed by atoms with Crippen molar-refractivity contribution in [1.29, 1.82) is 0 Å². The van der Waals surface area contributed by atoms with Crippen LogP contribution in [-0.2, 0) is 0 Å². The van der Waals surface area contributed by atoms with Gasteiger partial charge in [0.15, 0.2) is 0 Å². The van der Waals surface area contributed by atoms with Gasteiger partial charge in [0.1, 0.15) is 0 Å². The van der Waals surface area contributed by atoms with Gasteiger partial charge in [-0.3, -0.25) is 0 Å². The molecule has 0 aliphatic carbocycles. The lowest BCUT2D eigenvalue weighted by molar-refractivity contribution is 0.318. The van der Waals surface area contributed by atoms with Gasteiger partial charge in [-0.15, -0.1) is 0 Å². The van der Waals surface area contributed by atoms with E-state index < -0.39 is 0 Å². The summed E-state index contributed by atoms with van der Waals surface area (Å²) in [5.74, 6) is 0.331. The zero-order valence-electron chi connectivity index (χ0n) is 9.25. The fourth-order valence-electron chi connectivity index (χ4n) is 1.19. The van der Waals surface area contributed by atoms with Crippen LogP contribution in [-0.4, -0.2) is 39.1 Å². The maximum absolute atomic E-state index is 8.53. The molecule has 1 aromatic heterocycles. The number of nitrogen functional groups attached to an aromatic ring is 1. The molecule has 0 bridgehead atoms. The Kier molecular flexibility index (Phi) is 3.81. The number of hydrogen-bond donors (Lipinski definition) is 3. The average molecular weight is 225 g/mol. The SMILES string of the molecule is CCN(CC)c1nc(N)nc(/C(N)=N/O)n1. The first-order valence-corrected chi connectivity index (χ1v) is 4.86. The van der Waals surface area contributed by atoms with E-state index in [1.807, 2.05) is 18.7 Å². The molecule has 0 aliphatic heterocycles. The summed E-state index contributed by atoms with van der Waals surface area (Å²) in [4.78, 5) is 13.7. The van der Waals surface area contributed by atoms with Gasteiger partial charge in [-0.05, 0) is 13.8 Å². The van der Waals surface area contributed by atoms with Gasteiger partial charge in [-0.25, -0.2) is 0 Å². The number of anilines is 2. The zero-order valence-corrected chi connectivity index (χ0v) is 9.25. The second-order valence-corrected chi connectivity index (χ2v) is 2.97. The Morgan fingerprint density at radius 3 is 2.44 bits per heavy atom. The van der Waals surface area contributed by atoms with Gasteiger partial charge in [0.2, 0.25) is 23.6 Å². The molecule has 8 nitrogen and oxygen atoms in total. The molecule has 0 unspecified atom stereocenters. The highest BCUT2D eigenvalue weighted by Gasteiger charge is 2.11. The number of aromatic nitrogens is 3. The molecule has 88 valence electrons. The van der Waals surface area contributed by atoms with E-state index in [1.54, 1.807) is 0 Å². The maximum Gasteiger partial charge on any atom is 0.230 e. The van der Waals surface area contributed by atoms with Crippen LogP contribution in [0, 0.1) is 0 Å². The van der Waals surface area contributed by atoms with Crippen molar-refractivity contribution in [3.63, 3.8) is 0 Å². The van der Waals surface area contributed by atoms with Crippen LogP contribution >= 0.6 is 0 Å². The predicted molar refractivity (Wildman–Crippen MR) is 60.3 cm³/mol. The molecule has 0 saturated heterocycles. The third kappa shape index (κ3) is 2.47. The Balaban J connectivity index is 3.17. The van der Waals surface area contributed by atoms with E-state index in [9.17, 15) is 0 Å². The number of nitrogens with zero attached hydrogens (tertiary/aromatic N) is 5. The van der Waals surface area contributed by atoms with Gasteiger partial charge < -0.3 is 21.6 Å². The smallest absolute Gasteiger partial charge is 0.230 e. The lowest BCUT2D eigenvalue weighted by atomic mass is 10.5. The van der Waals surface area contributed by atoms with Gasteiger partial charge in [0, 0.05) is 13.1 Å². The number of oxime groups is 1. The van der Waals surface area contributed by atoms with Gasteiger partial charge in [-0.2, -0.15) is 15.0 Å². The van der Waals surface area contributed by atoms with Crippen LogP contribution in [0.15, 0.2) is 5.16 Å². The number of nitrogens with two attached hydrogens (primary N) is 2. The average Bonchev–Trinajstić information content (AvgIpc) is 2.29. The minimum atomic E-state index is -0.192. The predicted octanol–water partition coefficient (Wildman–Crippen LogP) is -0.605. The highest BCUT2D eigenvalue weighted by molar-refractivity contribution is 5.93.